The summed E-state index contributed by atoms with van der Waals surface area (Å²) in [6.07, 6.45) is 2.16. The van der Waals surface area contributed by atoms with Crippen molar-refractivity contribution in [2.45, 2.75) is 18.8 Å². The summed E-state index contributed by atoms with van der Waals surface area (Å²) in [6.45, 7) is 1.90. The van der Waals surface area contributed by atoms with Crippen LogP contribution in [0.3, 0.4) is 0 Å². The van der Waals surface area contributed by atoms with E-state index in [1.54, 1.807) is 6.07 Å². The average molecular weight is 207 g/mol. The van der Waals surface area contributed by atoms with Gasteiger partial charge in [0.2, 0.25) is 0 Å². The Bertz CT molecular complexity index is 361. The molecule has 5 heteroatoms. The Balaban J connectivity index is 2.19. The Morgan fingerprint density at radius 1 is 1.53 bits per heavy atom. The van der Waals surface area contributed by atoms with Crippen molar-refractivity contribution in [3.63, 3.8) is 0 Å². The summed E-state index contributed by atoms with van der Waals surface area (Å²) in [7, 11) is 0. The molecule has 0 saturated carbocycles. The van der Waals surface area contributed by atoms with Crippen LogP contribution < -0.4 is 5.32 Å². The highest BCUT2D eigenvalue weighted by molar-refractivity contribution is 5.24. The van der Waals surface area contributed by atoms with E-state index in [4.69, 9.17) is 0 Å². The zero-order chi connectivity index (χ0) is 10.7. The molecule has 0 aromatic carbocycles. The number of pyridine rings is 1. The second kappa shape index (κ2) is 4.35. The van der Waals surface area contributed by atoms with Gasteiger partial charge in [-0.15, -0.1) is 0 Å². The van der Waals surface area contributed by atoms with Crippen molar-refractivity contribution in [1.82, 2.24) is 10.3 Å². The molecule has 2 rings (SSSR count). The van der Waals surface area contributed by atoms with E-state index in [1.807, 2.05) is 6.07 Å². The summed E-state index contributed by atoms with van der Waals surface area (Å²) in [5, 5.41) is 13.8. The molecule has 1 saturated heterocycles. The highest BCUT2D eigenvalue weighted by Crippen LogP contribution is 2.22. The quantitative estimate of drug-likeness (QED) is 0.588. The van der Waals surface area contributed by atoms with E-state index < -0.39 is 4.92 Å². The van der Waals surface area contributed by atoms with Crippen molar-refractivity contribution in [2.24, 2.45) is 0 Å². The Morgan fingerprint density at radius 2 is 2.40 bits per heavy atom. The highest BCUT2D eigenvalue weighted by Gasteiger charge is 2.21. The van der Waals surface area contributed by atoms with Crippen LogP contribution in [0, 0.1) is 10.1 Å². The van der Waals surface area contributed by atoms with Gasteiger partial charge >= 0.3 is 5.82 Å². The molecular formula is C10H13N3O2. The van der Waals surface area contributed by atoms with E-state index in [1.165, 1.54) is 6.07 Å². The van der Waals surface area contributed by atoms with Crippen molar-refractivity contribution < 1.29 is 4.92 Å². The first-order valence-electron chi connectivity index (χ1n) is 5.09. The van der Waals surface area contributed by atoms with Gasteiger partial charge in [-0.3, -0.25) is 0 Å². The molecule has 1 aromatic heterocycles. The number of nitro groups is 1. The van der Waals surface area contributed by atoms with E-state index >= 15 is 0 Å². The van der Waals surface area contributed by atoms with Crippen LogP contribution in [0.15, 0.2) is 18.2 Å². The van der Waals surface area contributed by atoms with Crippen molar-refractivity contribution >= 4 is 5.82 Å². The molecule has 0 bridgehead atoms. The minimum atomic E-state index is -0.445. The normalized spacial score (nSPS) is 21.2. The number of piperidine rings is 1. The predicted molar refractivity (Wildman–Crippen MR) is 55.7 cm³/mol. The molecule has 1 aliphatic heterocycles. The predicted octanol–water partition coefficient (Wildman–Crippen LogP) is 1.46. The Hall–Kier alpha value is -1.49. The number of aromatic nitrogens is 1. The van der Waals surface area contributed by atoms with Crippen LogP contribution in [-0.2, 0) is 0 Å². The van der Waals surface area contributed by atoms with E-state index in [0.717, 1.165) is 31.6 Å². The van der Waals surface area contributed by atoms with Gasteiger partial charge in [-0.2, -0.15) is 0 Å². The Labute approximate surface area is 87.7 Å². The van der Waals surface area contributed by atoms with Crippen LogP contribution >= 0.6 is 0 Å². The lowest BCUT2D eigenvalue weighted by atomic mass is 9.96. The topological polar surface area (TPSA) is 68.1 Å². The third-order valence-corrected chi connectivity index (χ3v) is 2.66. The fourth-order valence-corrected chi connectivity index (χ4v) is 1.87. The lowest BCUT2D eigenvalue weighted by molar-refractivity contribution is -0.389. The molecule has 1 fully saturated rings. The first-order chi connectivity index (χ1) is 7.27. The van der Waals surface area contributed by atoms with Crippen LogP contribution in [0.4, 0.5) is 5.82 Å². The summed E-state index contributed by atoms with van der Waals surface area (Å²) in [5.41, 5.74) is 0.830. The molecule has 1 unspecified atom stereocenters. The molecule has 1 atom stereocenters. The highest BCUT2D eigenvalue weighted by atomic mass is 16.6. The van der Waals surface area contributed by atoms with Crippen LogP contribution in [0.2, 0.25) is 0 Å². The van der Waals surface area contributed by atoms with Crippen molar-refractivity contribution in [1.29, 1.82) is 0 Å². The van der Waals surface area contributed by atoms with Gasteiger partial charge in [0.25, 0.3) is 0 Å². The molecule has 5 nitrogen and oxygen atoms in total. The molecule has 15 heavy (non-hydrogen) atoms. The maximum atomic E-state index is 10.6. The maximum absolute atomic E-state index is 10.6. The lowest BCUT2D eigenvalue weighted by Gasteiger charge is -2.19. The van der Waals surface area contributed by atoms with Crippen molar-refractivity contribution in [3.05, 3.63) is 34.0 Å². The largest absolute Gasteiger partial charge is 0.363 e. The first kappa shape index (κ1) is 10.0. The fraction of sp³-hybridized carbons (Fsp3) is 0.500. The van der Waals surface area contributed by atoms with Gasteiger partial charge in [-0.1, -0.05) is 0 Å². The SMILES string of the molecule is O=[N+]([O-])c1cccc(C2CCCNC2)n1. The molecule has 0 amide bonds. The Morgan fingerprint density at radius 3 is 3.07 bits per heavy atom. The zero-order valence-electron chi connectivity index (χ0n) is 8.35. The second-order valence-electron chi connectivity index (χ2n) is 3.72. The second-order valence-corrected chi connectivity index (χ2v) is 3.72. The molecule has 0 aliphatic carbocycles. The minimum absolute atomic E-state index is 0.0573. The zero-order valence-corrected chi connectivity index (χ0v) is 8.35. The van der Waals surface area contributed by atoms with Gasteiger partial charge in [0.15, 0.2) is 5.69 Å². The molecule has 1 aromatic rings. The molecular weight excluding hydrogens is 194 g/mol. The standard InChI is InChI=1S/C10H13N3O2/c14-13(15)10-5-1-4-9(12-10)8-3-2-6-11-7-8/h1,4-5,8,11H,2-3,6-7H2. The van der Waals surface area contributed by atoms with Crippen LogP contribution in [0.5, 0.6) is 0 Å². The number of hydrogen-bond donors (Lipinski definition) is 1. The monoisotopic (exact) mass is 207 g/mol. The third kappa shape index (κ3) is 2.30. The summed E-state index contributed by atoms with van der Waals surface area (Å²) in [4.78, 5) is 14.2. The van der Waals surface area contributed by atoms with E-state index in [-0.39, 0.29) is 5.82 Å². The molecule has 0 spiro atoms. The summed E-state index contributed by atoms with van der Waals surface area (Å²) >= 11 is 0. The Kier molecular flexibility index (Phi) is 2.91. The van der Waals surface area contributed by atoms with Crippen molar-refractivity contribution in [2.75, 3.05) is 13.1 Å². The number of hydrogen-bond acceptors (Lipinski definition) is 4. The van der Waals surface area contributed by atoms with Gasteiger partial charge in [-0.05, 0) is 41.4 Å². The maximum Gasteiger partial charge on any atom is 0.363 e. The van der Waals surface area contributed by atoms with E-state index in [9.17, 15) is 10.1 Å². The van der Waals surface area contributed by atoms with Crippen molar-refractivity contribution in [3.8, 4) is 0 Å². The average Bonchev–Trinajstić information content (AvgIpc) is 2.30. The van der Waals surface area contributed by atoms with E-state index in [2.05, 4.69) is 10.3 Å². The van der Waals surface area contributed by atoms with Gasteiger partial charge in [0.1, 0.15) is 0 Å². The van der Waals surface area contributed by atoms with Gasteiger partial charge in [0.05, 0.1) is 0 Å². The fourth-order valence-electron chi connectivity index (χ4n) is 1.87. The smallest absolute Gasteiger partial charge is 0.358 e. The van der Waals surface area contributed by atoms with Crippen LogP contribution in [0.25, 0.3) is 0 Å². The molecule has 1 N–H and O–H groups in total. The van der Waals surface area contributed by atoms with Crippen LogP contribution in [0.1, 0.15) is 24.5 Å². The number of rotatable bonds is 2. The van der Waals surface area contributed by atoms with Gasteiger partial charge < -0.3 is 15.4 Å². The van der Waals surface area contributed by atoms with Gasteiger partial charge in [-0.25, -0.2) is 0 Å². The number of nitrogens with zero attached hydrogens (tertiary/aromatic N) is 2. The third-order valence-electron chi connectivity index (χ3n) is 2.66. The molecule has 1 aliphatic rings. The molecule has 0 radical (unpaired) electrons. The summed E-state index contributed by atoms with van der Waals surface area (Å²) in [6, 6.07) is 5.00. The molecule has 80 valence electrons. The number of nitrogens with one attached hydrogen (secondary N) is 1. The molecule has 2 heterocycles. The summed E-state index contributed by atoms with van der Waals surface area (Å²) in [5.74, 6) is 0.261. The van der Waals surface area contributed by atoms with Gasteiger partial charge in [0, 0.05) is 18.5 Å². The van der Waals surface area contributed by atoms with E-state index in [0.29, 0.717) is 5.92 Å². The summed E-state index contributed by atoms with van der Waals surface area (Å²) < 4.78 is 0. The minimum Gasteiger partial charge on any atom is -0.358 e. The lowest BCUT2D eigenvalue weighted by Crippen LogP contribution is -2.28. The van der Waals surface area contributed by atoms with Crippen LogP contribution in [-0.4, -0.2) is 23.0 Å². The first-order valence-corrected chi connectivity index (χ1v) is 5.09.